The van der Waals surface area contributed by atoms with Gasteiger partial charge in [-0.2, -0.15) is 0 Å². The van der Waals surface area contributed by atoms with Gasteiger partial charge in [-0.05, 0) is 34.4 Å². The molecule has 0 aliphatic carbocycles. The molecule has 4 rings (SSSR count). The fraction of sp³-hybridized carbons (Fsp3) is 0.304. The van der Waals surface area contributed by atoms with Gasteiger partial charge in [0.1, 0.15) is 0 Å². The smallest absolute Gasteiger partial charge is 0.222 e. The minimum atomic E-state index is 0.253. The van der Waals surface area contributed by atoms with Crippen molar-refractivity contribution in [3.8, 4) is 0 Å². The van der Waals surface area contributed by atoms with Crippen molar-refractivity contribution in [3.05, 3.63) is 78.1 Å². The zero-order valence-electron chi connectivity index (χ0n) is 15.6. The zero-order valence-corrected chi connectivity index (χ0v) is 15.6. The van der Waals surface area contributed by atoms with Crippen LogP contribution >= 0.6 is 0 Å². The van der Waals surface area contributed by atoms with Crippen molar-refractivity contribution in [1.29, 1.82) is 0 Å². The van der Waals surface area contributed by atoms with Gasteiger partial charge in [-0.15, -0.1) is 0 Å². The van der Waals surface area contributed by atoms with E-state index in [9.17, 15) is 4.79 Å². The molecule has 1 aromatic heterocycles. The quantitative estimate of drug-likeness (QED) is 0.699. The topological polar surface area (TPSA) is 36.4 Å². The Morgan fingerprint density at radius 2 is 1.74 bits per heavy atom. The summed E-state index contributed by atoms with van der Waals surface area (Å²) < 4.78 is 0. The van der Waals surface area contributed by atoms with E-state index in [1.807, 2.05) is 23.2 Å². The van der Waals surface area contributed by atoms with Crippen molar-refractivity contribution in [3.63, 3.8) is 0 Å². The summed E-state index contributed by atoms with van der Waals surface area (Å²) in [7, 11) is 0. The number of piperazine rings is 1. The maximum atomic E-state index is 12.5. The third-order valence-corrected chi connectivity index (χ3v) is 5.35. The highest BCUT2D eigenvalue weighted by Gasteiger charge is 2.21. The van der Waals surface area contributed by atoms with Crippen LogP contribution in [0, 0.1) is 0 Å². The van der Waals surface area contributed by atoms with E-state index >= 15 is 0 Å². The molecule has 1 saturated heterocycles. The monoisotopic (exact) mass is 359 g/mol. The Kier molecular flexibility index (Phi) is 5.45. The van der Waals surface area contributed by atoms with Crippen LogP contribution in [-0.2, 0) is 17.8 Å². The fourth-order valence-corrected chi connectivity index (χ4v) is 3.78. The van der Waals surface area contributed by atoms with E-state index in [1.54, 1.807) is 6.20 Å². The van der Waals surface area contributed by atoms with Crippen LogP contribution in [-0.4, -0.2) is 46.9 Å². The molecule has 1 fully saturated rings. The lowest BCUT2D eigenvalue weighted by Gasteiger charge is -2.35. The van der Waals surface area contributed by atoms with Gasteiger partial charge in [0.15, 0.2) is 0 Å². The number of aryl methyl sites for hydroxylation is 1. The summed E-state index contributed by atoms with van der Waals surface area (Å²) in [4.78, 5) is 21.1. The Morgan fingerprint density at radius 1 is 0.926 bits per heavy atom. The number of rotatable bonds is 5. The lowest BCUT2D eigenvalue weighted by atomic mass is 10.0. The van der Waals surface area contributed by atoms with E-state index in [0.717, 1.165) is 44.7 Å². The molecule has 3 aromatic rings. The van der Waals surface area contributed by atoms with Crippen LogP contribution in [0.4, 0.5) is 0 Å². The van der Waals surface area contributed by atoms with Crippen molar-refractivity contribution >= 4 is 16.7 Å². The van der Waals surface area contributed by atoms with E-state index in [0.29, 0.717) is 6.42 Å². The number of fused-ring (bicyclic) bond motifs is 1. The molecule has 27 heavy (non-hydrogen) atoms. The number of amides is 1. The number of hydrogen-bond donors (Lipinski definition) is 0. The molecule has 0 unspecified atom stereocenters. The van der Waals surface area contributed by atoms with Crippen molar-refractivity contribution in [2.75, 3.05) is 26.2 Å². The van der Waals surface area contributed by atoms with E-state index in [1.165, 1.54) is 16.3 Å². The first-order chi connectivity index (χ1) is 13.3. The molecule has 0 radical (unpaired) electrons. The van der Waals surface area contributed by atoms with Crippen LogP contribution in [0.2, 0.25) is 0 Å². The number of pyridine rings is 1. The summed E-state index contributed by atoms with van der Waals surface area (Å²) >= 11 is 0. The second-order valence-electron chi connectivity index (χ2n) is 7.16. The number of benzene rings is 2. The molecule has 138 valence electrons. The molecular formula is C23H25N3O. The fourth-order valence-electron chi connectivity index (χ4n) is 3.78. The van der Waals surface area contributed by atoms with Crippen molar-refractivity contribution in [1.82, 2.24) is 14.8 Å². The molecule has 0 N–H and O–H groups in total. The molecule has 1 aliphatic heterocycles. The number of aromatic nitrogens is 1. The Hall–Kier alpha value is -2.72. The van der Waals surface area contributed by atoms with Crippen LogP contribution in [0.3, 0.4) is 0 Å². The number of carbonyl (C=O) groups excluding carboxylic acids is 1. The summed E-state index contributed by atoms with van der Waals surface area (Å²) in [5.74, 6) is 0.253. The minimum Gasteiger partial charge on any atom is -0.340 e. The van der Waals surface area contributed by atoms with Crippen LogP contribution in [0.25, 0.3) is 10.8 Å². The van der Waals surface area contributed by atoms with Gasteiger partial charge in [0.25, 0.3) is 0 Å². The molecule has 0 bridgehead atoms. The highest BCUT2D eigenvalue weighted by molar-refractivity contribution is 5.85. The van der Waals surface area contributed by atoms with E-state index in [2.05, 4.69) is 52.3 Å². The lowest BCUT2D eigenvalue weighted by molar-refractivity contribution is -0.133. The predicted molar refractivity (Wildman–Crippen MR) is 108 cm³/mol. The second kappa shape index (κ2) is 8.31. The second-order valence-corrected chi connectivity index (χ2v) is 7.16. The van der Waals surface area contributed by atoms with Crippen molar-refractivity contribution < 1.29 is 4.79 Å². The van der Waals surface area contributed by atoms with Gasteiger partial charge >= 0.3 is 0 Å². The Labute approximate surface area is 160 Å². The predicted octanol–water partition coefficient (Wildman–Crippen LogP) is 3.51. The molecule has 1 amide bonds. The van der Waals surface area contributed by atoms with Crippen molar-refractivity contribution in [2.45, 2.75) is 19.4 Å². The first-order valence-corrected chi connectivity index (χ1v) is 9.65. The molecule has 0 atom stereocenters. The first kappa shape index (κ1) is 17.7. The highest BCUT2D eigenvalue weighted by atomic mass is 16.2. The molecule has 0 spiro atoms. The summed E-state index contributed by atoms with van der Waals surface area (Å²) in [6, 6.07) is 19.0. The number of nitrogens with zero attached hydrogens (tertiary/aromatic N) is 3. The summed E-state index contributed by atoms with van der Waals surface area (Å²) in [5, 5.41) is 2.62. The Morgan fingerprint density at radius 3 is 2.56 bits per heavy atom. The lowest BCUT2D eigenvalue weighted by Crippen LogP contribution is -2.48. The Balaban J connectivity index is 1.30. The molecule has 4 heteroatoms. The Bertz CT molecular complexity index is 896. The van der Waals surface area contributed by atoms with E-state index in [-0.39, 0.29) is 5.91 Å². The maximum Gasteiger partial charge on any atom is 0.222 e. The molecular weight excluding hydrogens is 334 g/mol. The molecule has 2 heterocycles. The number of hydrogen-bond acceptors (Lipinski definition) is 3. The van der Waals surface area contributed by atoms with E-state index < -0.39 is 0 Å². The molecule has 4 nitrogen and oxygen atoms in total. The minimum absolute atomic E-state index is 0.253. The SMILES string of the molecule is O=C(CCc1cccnc1)N1CCN(Cc2cccc3ccccc23)CC1. The third kappa shape index (κ3) is 4.34. The van der Waals surface area contributed by atoms with Crippen LogP contribution < -0.4 is 0 Å². The largest absolute Gasteiger partial charge is 0.340 e. The average Bonchev–Trinajstić information content (AvgIpc) is 2.74. The van der Waals surface area contributed by atoms with Crippen LogP contribution in [0.1, 0.15) is 17.5 Å². The molecule has 0 saturated carbocycles. The average molecular weight is 359 g/mol. The molecule has 2 aromatic carbocycles. The number of carbonyl (C=O) groups is 1. The summed E-state index contributed by atoms with van der Waals surface area (Å²) in [6.07, 6.45) is 4.94. The molecule has 1 aliphatic rings. The van der Waals surface area contributed by atoms with E-state index in [4.69, 9.17) is 0 Å². The third-order valence-electron chi connectivity index (χ3n) is 5.35. The van der Waals surface area contributed by atoms with Gasteiger partial charge < -0.3 is 4.90 Å². The zero-order chi connectivity index (χ0) is 18.5. The normalized spacial score (nSPS) is 15.2. The summed E-state index contributed by atoms with van der Waals surface area (Å²) in [5.41, 5.74) is 2.49. The van der Waals surface area contributed by atoms with Gasteiger partial charge in [0.2, 0.25) is 5.91 Å². The van der Waals surface area contributed by atoms with Gasteiger partial charge in [-0.3, -0.25) is 14.7 Å². The standard InChI is InChI=1S/C23H25N3O/c27-23(11-10-19-5-4-12-24-17-19)26-15-13-25(14-16-26)18-21-8-3-7-20-6-1-2-9-22(20)21/h1-9,12,17H,10-11,13-16,18H2. The van der Waals surface area contributed by atoms with Gasteiger partial charge in [-0.1, -0.05) is 48.5 Å². The van der Waals surface area contributed by atoms with Gasteiger partial charge in [-0.25, -0.2) is 0 Å². The van der Waals surface area contributed by atoms with Crippen LogP contribution in [0.5, 0.6) is 0 Å². The van der Waals surface area contributed by atoms with Gasteiger partial charge in [0, 0.05) is 51.5 Å². The first-order valence-electron chi connectivity index (χ1n) is 9.65. The summed E-state index contributed by atoms with van der Waals surface area (Å²) in [6.45, 7) is 4.44. The van der Waals surface area contributed by atoms with Crippen molar-refractivity contribution in [2.24, 2.45) is 0 Å². The van der Waals surface area contributed by atoms with Crippen LogP contribution in [0.15, 0.2) is 67.0 Å². The maximum absolute atomic E-state index is 12.5. The highest BCUT2D eigenvalue weighted by Crippen LogP contribution is 2.20. The van der Waals surface area contributed by atoms with Gasteiger partial charge in [0.05, 0.1) is 0 Å².